The van der Waals surface area contributed by atoms with Crippen LogP contribution in [0.3, 0.4) is 0 Å². The van der Waals surface area contributed by atoms with Crippen LogP contribution in [-0.4, -0.2) is 43.1 Å². The molecule has 18 heavy (non-hydrogen) atoms. The number of aliphatic hydroxyl groups excluding tert-OH is 1. The molecule has 2 unspecified atom stereocenters. The molecule has 0 aromatic carbocycles. The van der Waals surface area contributed by atoms with Gasteiger partial charge in [0.05, 0.1) is 19.0 Å². The Morgan fingerprint density at radius 3 is 2.83 bits per heavy atom. The number of aromatic nitrogens is 4. The molecule has 0 saturated heterocycles. The van der Waals surface area contributed by atoms with Gasteiger partial charge in [0, 0.05) is 43.9 Å². The number of nitrogens with zero attached hydrogens (tertiary/aromatic N) is 4. The van der Waals surface area contributed by atoms with Crippen molar-refractivity contribution in [1.29, 1.82) is 0 Å². The summed E-state index contributed by atoms with van der Waals surface area (Å²) in [6, 6.07) is 2.13. The first kappa shape index (κ1) is 12.8. The number of rotatable bonds is 7. The first-order valence-corrected chi connectivity index (χ1v) is 6.08. The van der Waals surface area contributed by atoms with Crippen molar-refractivity contribution in [2.75, 3.05) is 6.54 Å². The smallest absolute Gasteiger partial charge is 0.0946 e. The predicted octanol–water partition coefficient (Wildman–Crippen LogP) is 0.119. The minimum atomic E-state index is -0.435. The van der Waals surface area contributed by atoms with Gasteiger partial charge in [0.2, 0.25) is 0 Å². The van der Waals surface area contributed by atoms with Gasteiger partial charge in [0.1, 0.15) is 0 Å². The lowest BCUT2D eigenvalue weighted by molar-refractivity contribution is 0.142. The molecule has 2 atom stereocenters. The molecule has 98 valence electrons. The average Bonchev–Trinajstić information content (AvgIpc) is 2.99. The third-order valence-electron chi connectivity index (χ3n) is 2.70. The van der Waals surface area contributed by atoms with Crippen molar-refractivity contribution < 1.29 is 5.11 Å². The molecule has 0 aliphatic heterocycles. The van der Waals surface area contributed by atoms with Gasteiger partial charge in [-0.3, -0.25) is 4.68 Å². The normalized spacial score (nSPS) is 14.6. The Morgan fingerprint density at radius 1 is 1.28 bits per heavy atom. The van der Waals surface area contributed by atoms with E-state index in [-0.39, 0.29) is 6.04 Å². The van der Waals surface area contributed by atoms with Gasteiger partial charge in [-0.2, -0.15) is 5.10 Å². The number of aliphatic hydroxyl groups is 1. The number of hydrogen-bond acceptors (Lipinski definition) is 4. The van der Waals surface area contributed by atoms with Gasteiger partial charge in [-0.25, -0.2) is 4.98 Å². The second-order valence-corrected chi connectivity index (χ2v) is 4.45. The summed E-state index contributed by atoms with van der Waals surface area (Å²) in [6.07, 6.45) is 8.60. The SMILES string of the molecule is CC(Cn1ccnc1)NCC(O)Cn1cccn1. The molecule has 0 amide bonds. The zero-order valence-corrected chi connectivity index (χ0v) is 10.5. The van der Waals surface area contributed by atoms with Crippen LogP contribution in [0.15, 0.2) is 37.2 Å². The summed E-state index contributed by atoms with van der Waals surface area (Å²) in [5, 5.41) is 17.2. The molecule has 2 heterocycles. The van der Waals surface area contributed by atoms with E-state index in [4.69, 9.17) is 0 Å². The predicted molar refractivity (Wildman–Crippen MR) is 67.9 cm³/mol. The zero-order valence-electron chi connectivity index (χ0n) is 10.5. The van der Waals surface area contributed by atoms with Crippen molar-refractivity contribution >= 4 is 0 Å². The Labute approximate surface area is 106 Å². The number of imidazole rings is 1. The maximum atomic E-state index is 9.85. The summed E-state index contributed by atoms with van der Waals surface area (Å²) in [5.74, 6) is 0. The molecule has 2 aromatic rings. The minimum Gasteiger partial charge on any atom is -0.390 e. The zero-order chi connectivity index (χ0) is 12.8. The Balaban J connectivity index is 1.67. The Hall–Kier alpha value is -1.66. The maximum Gasteiger partial charge on any atom is 0.0946 e. The largest absolute Gasteiger partial charge is 0.390 e. The lowest BCUT2D eigenvalue weighted by atomic mass is 10.3. The average molecular weight is 249 g/mol. The van der Waals surface area contributed by atoms with Gasteiger partial charge >= 0.3 is 0 Å². The molecule has 2 aromatic heterocycles. The Bertz CT molecular complexity index is 383. The summed E-state index contributed by atoms with van der Waals surface area (Å²) in [6.45, 7) is 3.99. The summed E-state index contributed by atoms with van der Waals surface area (Å²) < 4.78 is 3.74. The second kappa shape index (κ2) is 6.32. The molecule has 0 aliphatic carbocycles. The van der Waals surface area contributed by atoms with Crippen molar-refractivity contribution in [2.24, 2.45) is 0 Å². The lowest BCUT2D eigenvalue weighted by Gasteiger charge is -2.17. The molecule has 0 radical (unpaired) electrons. The second-order valence-electron chi connectivity index (χ2n) is 4.45. The lowest BCUT2D eigenvalue weighted by Crippen LogP contribution is -2.37. The fraction of sp³-hybridized carbons (Fsp3) is 0.500. The van der Waals surface area contributed by atoms with Crippen LogP contribution in [0.5, 0.6) is 0 Å². The quantitative estimate of drug-likeness (QED) is 0.731. The highest BCUT2D eigenvalue weighted by atomic mass is 16.3. The van der Waals surface area contributed by atoms with E-state index in [9.17, 15) is 5.11 Å². The van der Waals surface area contributed by atoms with E-state index in [0.29, 0.717) is 13.1 Å². The van der Waals surface area contributed by atoms with Crippen molar-refractivity contribution in [3.05, 3.63) is 37.2 Å². The number of hydrogen-bond donors (Lipinski definition) is 2. The van der Waals surface area contributed by atoms with Crippen molar-refractivity contribution in [1.82, 2.24) is 24.6 Å². The van der Waals surface area contributed by atoms with E-state index in [0.717, 1.165) is 6.54 Å². The first-order chi connectivity index (χ1) is 8.74. The maximum absolute atomic E-state index is 9.85. The summed E-state index contributed by atoms with van der Waals surface area (Å²) in [5.41, 5.74) is 0. The van der Waals surface area contributed by atoms with Gasteiger partial charge < -0.3 is 15.0 Å². The number of nitrogens with one attached hydrogen (secondary N) is 1. The van der Waals surface area contributed by atoms with Gasteiger partial charge in [0.25, 0.3) is 0 Å². The monoisotopic (exact) mass is 249 g/mol. The summed E-state index contributed by atoms with van der Waals surface area (Å²) in [4.78, 5) is 3.99. The standard InChI is InChI=1S/C12H19N5O/c1-11(8-16-6-4-13-10-16)14-7-12(18)9-17-5-2-3-15-17/h2-6,10-12,14,18H,7-9H2,1H3. The van der Waals surface area contributed by atoms with Gasteiger partial charge in [-0.1, -0.05) is 0 Å². The third-order valence-corrected chi connectivity index (χ3v) is 2.70. The topological polar surface area (TPSA) is 67.9 Å². The van der Waals surface area contributed by atoms with Crippen LogP contribution in [0.1, 0.15) is 6.92 Å². The van der Waals surface area contributed by atoms with Crippen LogP contribution < -0.4 is 5.32 Å². The Morgan fingerprint density at radius 2 is 2.17 bits per heavy atom. The fourth-order valence-corrected chi connectivity index (χ4v) is 1.80. The van der Waals surface area contributed by atoms with E-state index in [1.807, 2.05) is 23.0 Å². The first-order valence-electron chi connectivity index (χ1n) is 6.08. The molecular weight excluding hydrogens is 230 g/mol. The van der Waals surface area contributed by atoms with Crippen LogP contribution >= 0.6 is 0 Å². The van der Waals surface area contributed by atoms with Crippen LogP contribution in [0.2, 0.25) is 0 Å². The molecule has 0 fully saturated rings. The molecule has 6 heteroatoms. The fourth-order valence-electron chi connectivity index (χ4n) is 1.80. The molecule has 2 rings (SSSR count). The molecule has 0 spiro atoms. The van der Waals surface area contributed by atoms with Crippen LogP contribution in [0.25, 0.3) is 0 Å². The van der Waals surface area contributed by atoms with Crippen LogP contribution in [-0.2, 0) is 13.1 Å². The van der Waals surface area contributed by atoms with Crippen molar-refractivity contribution in [3.8, 4) is 0 Å². The minimum absolute atomic E-state index is 0.284. The van der Waals surface area contributed by atoms with Crippen LogP contribution in [0, 0.1) is 0 Å². The van der Waals surface area contributed by atoms with Gasteiger partial charge in [-0.15, -0.1) is 0 Å². The molecule has 2 N–H and O–H groups in total. The highest BCUT2D eigenvalue weighted by molar-refractivity contribution is 4.79. The van der Waals surface area contributed by atoms with Crippen molar-refractivity contribution in [2.45, 2.75) is 32.2 Å². The third kappa shape index (κ3) is 3.97. The van der Waals surface area contributed by atoms with E-state index in [1.165, 1.54) is 0 Å². The van der Waals surface area contributed by atoms with E-state index >= 15 is 0 Å². The van der Waals surface area contributed by atoms with E-state index < -0.39 is 6.10 Å². The molecule has 6 nitrogen and oxygen atoms in total. The highest BCUT2D eigenvalue weighted by Crippen LogP contribution is 1.94. The highest BCUT2D eigenvalue weighted by Gasteiger charge is 2.08. The van der Waals surface area contributed by atoms with Gasteiger partial charge in [-0.05, 0) is 13.0 Å². The molecular formula is C12H19N5O. The molecule has 0 aliphatic rings. The van der Waals surface area contributed by atoms with Crippen molar-refractivity contribution in [3.63, 3.8) is 0 Å². The summed E-state index contributed by atoms with van der Waals surface area (Å²) in [7, 11) is 0. The molecule has 0 bridgehead atoms. The van der Waals surface area contributed by atoms with E-state index in [1.54, 1.807) is 23.4 Å². The Kier molecular flexibility index (Phi) is 4.49. The van der Waals surface area contributed by atoms with E-state index in [2.05, 4.69) is 22.3 Å². The molecule has 0 saturated carbocycles. The van der Waals surface area contributed by atoms with Gasteiger partial charge in [0.15, 0.2) is 0 Å². The van der Waals surface area contributed by atoms with Crippen LogP contribution in [0.4, 0.5) is 0 Å². The summed E-state index contributed by atoms with van der Waals surface area (Å²) >= 11 is 0.